The van der Waals surface area contributed by atoms with Crippen molar-refractivity contribution in [2.45, 2.75) is 33.2 Å². The standard InChI is InChI=1S/C13H21NO.ClH/c1-4-15-13-8-6-5-7-11(13)12(14)9-10(2)3;/h5-8,10,12H,4,9,14H2,1-3H3;1H/t12-;/m1./s1. The average molecular weight is 244 g/mol. The number of hydrogen-bond donors (Lipinski definition) is 1. The lowest BCUT2D eigenvalue weighted by molar-refractivity contribution is 0.332. The molecule has 0 unspecified atom stereocenters. The van der Waals surface area contributed by atoms with Crippen LogP contribution in [0.2, 0.25) is 0 Å². The lowest BCUT2D eigenvalue weighted by Crippen LogP contribution is -2.14. The lowest BCUT2D eigenvalue weighted by atomic mass is 9.97. The Kier molecular flexibility index (Phi) is 7.18. The second kappa shape index (κ2) is 7.53. The van der Waals surface area contributed by atoms with Gasteiger partial charge in [-0.2, -0.15) is 0 Å². The molecule has 0 saturated carbocycles. The molecule has 2 N–H and O–H groups in total. The molecule has 0 heterocycles. The molecule has 1 aromatic rings. The molecule has 0 aliphatic heterocycles. The Morgan fingerprint density at radius 3 is 2.44 bits per heavy atom. The lowest BCUT2D eigenvalue weighted by Gasteiger charge is -2.17. The number of benzene rings is 1. The number of hydrogen-bond acceptors (Lipinski definition) is 2. The van der Waals surface area contributed by atoms with Crippen LogP contribution >= 0.6 is 12.4 Å². The second-order valence-electron chi connectivity index (χ2n) is 4.21. The van der Waals surface area contributed by atoms with E-state index in [2.05, 4.69) is 19.9 Å². The maximum Gasteiger partial charge on any atom is 0.124 e. The van der Waals surface area contributed by atoms with Crippen molar-refractivity contribution in [3.63, 3.8) is 0 Å². The van der Waals surface area contributed by atoms with Crippen LogP contribution in [0.15, 0.2) is 24.3 Å². The van der Waals surface area contributed by atoms with Crippen molar-refractivity contribution < 1.29 is 4.74 Å². The number of rotatable bonds is 5. The van der Waals surface area contributed by atoms with E-state index in [9.17, 15) is 0 Å². The Labute approximate surface area is 105 Å². The van der Waals surface area contributed by atoms with E-state index in [0.29, 0.717) is 12.5 Å². The van der Waals surface area contributed by atoms with Gasteiger partial charge in [0.25, 0.3) is 0 Å². The SMILES string of the molecule is CCOc1ccccc1[C@H](N)CC(C)C.Cl. The average Bonchev–Trinajstić information content (AvgIpc) is 2.18. The molecule has 0 amide bonds. The van der Waals surface area contributed by atoms with E-state index in [1.807, 2.05) is 25.1 Å². The summed E-state index contributed by atoms with van der Waals surface area (Å²) in [5.74, 6) is 1.53. The van der Waals surface area contributed by atoms with E-state index in [0.717, 1.165) is 17.7 Å². The van der Waals surface area contributed by atoms with Crippen molar-refractivity contribution in [1.82, 2.24) is 0 Å². The Morgan fingerprint density at radius 2 is 1.88 bits per heavy atom. The van der Waals surface area contributed by atoms with Crippen LogP contribution in [0.4, 0.5) is 0 Å². The molecule has 0 spiro atoms. The van der Waals surface area contributed by atoms with Crippen LogP contribution in [0.3, 0.4) is 0 Å². The molecule has 1 rings (SSSR count). The van der Waals surface area contributed by atoms with Crippen LogP contribution in [0.5, 0.6) is 5.75 Å². The van der Waals surface area contributed by atoms with Crippen LogP contribution in [0, 0.1) is 5.92 Å². The number of nitrogens with two attached hydrogens (primary N) is 1. The Hall–Kier alpha value is -0.730. The van der Waals surface area contributed by atoms with Crippen LogP contribution in [-0.2, 0) is 0 Å². The molecule has 0 aliphatic rings. The first-order valence-electron chi connectivity index (χ1n) is 5.62. The topological polar surface area (TPSA) is 35.2 Å². The zero-order valence-electron chi connectivity index (χ0n) is 10.3. The first kappa shape index (κ1) is 15.3. The highest BCUT2D eigenvalue weighted by atomic mass is 35.5. The highest BCUT2D eigenvalue weighted by Crippen LogP contribution is 2.27. The van der Waals surface area contributed by atoms with E-state index < -0.39 is 0 Å². The van der Waals surface area contributed by atoms with Crippen LogP contribution in [-0.4, -0.2) is 6.61 Å². The number of para-hydroxylation sites is 1. The predicted octanol–water partition coefficient (Wildman–Crippen LogP) is 3.55. The predicted molar refractivity (Wildman–Crippen MR) is 71.2 cm³/mol. The highest BCUT2D eigenvalue weighted by Gasteiger charge is 2.12. The minimum atomic E-state index is 0. The molecular formula is C13H22ClNO. The van der Waals surface area contributed by atoms with Crippen LogP contribution in [0.1, 0.15) is 38.8 Å². The van der Waals surface area contributed by atoms with Crippen molar-refractivity contribution in [3.8, 4) is 5.75 Å². The van der Waals surface area contributed by atoms with Gasteiger partial charge in [-0.3, -0.25) is 0 Å². The molecule has 3 heteroatoms. The maximum atomic E-state index is 6.15. The minimum absolute atomic E-state index is 0. The zero-order valence-corrected chi connectivity index (χ0v) is 11.1. The summed E-state index contributed by atoms with van der Waals surface area (Å²) in [7, 11) is 0. The van der Waals surface area contributed by atoms with Gasteiger partial charge in [-0.1, -0.05) is 32.0 Å². The van der Waals surface area contributed by atoms with Gasteiger partial charge in [0.1, 0.15) is 5.75 Å². The molecule has 16 heavy (non-hydrogen) atoms. The normalized spacial score (nSPS) is 12.1. The summed E-state index contributed by atoms with van der Waals surface area (Å²) in [5, 5.41) is 0. The van der Waals surface area contributed by atoms with Gasteiger partial charge in [-0.05, 0) is 25.3 Å². The van der Waals surface area contributed by atoms with E-state index in [4.69, 9.17) is 10.5 Å². The molecule has 0 saturated heterocycles. The van der Waals surface area contributed by atoms with E-state index in [1.165, 1.54) is 0 Å². The summed E-state index contributed by atoms with van der Waals surface area (Å²) in [6.07, 6.45) is 0.990. The molecule has 92 valence electrons. The van der Waals surface area contributed by atoms with Gasteiger partial charge in [0.05, 0.1) is 6.61 Å². The second-order valence-corrected chi connectivity index (χ2v) is 4.21. The molecule has 1 aromatic carbocycles. The Balaban J connectivity index is 0.00000225. The molecule has 2 nitrogen and oxygen atoms in total. The smallest absolute Gasteiger partial charge is 0.124 e. The zero-order chi connectivity index (χ0) is 11.3. The molecular weight excluding hydrogens is 222 g/mol. The fourth-order valence-electron chi connectivity index (χ4n) is 1.71. The van der Waals surface area contributed by atoms with Gasteiger partial charge >= 0.3 is 0 Å². The highest BCUT2D eigenvalue weighted by molar-refractivity contribution is 5.85. The Bertz CT molecular complexity index is 302. The van der Waals surface area contributed by atoms with Crippen LogP contribution in [0.25, 0.3) is 0 Å². The molecule has 0 aliphatic carbocycles. The van der Waals surface area contributed by atoms with Crippen molar-refractivity contribution >= 4 is 12.4 Å². The monoisotopic (exact) mass is 243 g/mol. The van der Waals surface area contributed by atoms with Gasteiger partial charge in [-0.15, -0.1) is 12.4 Å². The third kappa shape index (κ3) is 4.42. The van der Waals surface area contributed by atoms with Gasteiger partial charge < -0.3 is 10.5 Å². The van der Waals surface area contributed by atoms with Gasteiger partial charge in [0, 0.05) is 11.6 Å². The van der Waals surface area contributed by atoms with E-state index in [-0.39, 0.29) is 18.4 Å². The maximum absolute atomic E-state index is 6.15. The summed E-state index contributed by atoms with van der Waals surface area (Å²) >= 11 is 0. The first-order chi connectivity index (χ1) is 7.15. The first-order valence-corrected chi connectivity index (χ1v) is 5.62. The quantitative estimate of drug-likeness (QED) is 0.859. The van der Waals surface area contributed by atoms with E-state index >= 15 is 0 Å². The Morgan fingerprint density at radius 1 is 1.25 bits per heavy atom. The number of halogens is 1. The molecule has 0 bridgehead atoms. The fraction of sp³-hybridized carbons (Fsp3) is 0.538. The summed E-state index contributed by atoms with van der Waals surface area (Å²) in [5.41, 5.74) is 7.27. The van der Waals surface area contributed by atoms with Gasteiger partial charge in [0.2, 0.25) is 0 Å². The minimum Gasteiger partial charge on any atom is -0.494 e. The largest absolute Gasteiger partial charge is 0.494 e. The van der Waals surface area contributed by atoms with Gasteiger partial charge in [-0.25, -0.2) is 0 Å². The molecule has 0 radical (unpaired) electrons. The van der Waals surface area contributed by atoms with Gasteiger partial charge in [0.15, 0.2) is 0 Å². The third-order valence-corrected chi connectivity index (χ3v) is 2.34. The van der Waals surface area contributed by atoms with Crippen molar-refractivity contribution in [2.24, 2.45) is 11.7 Å². The van der Waals surface area contributed by atoms with Crippen molar-refractivity contribution in [3.05, 3.63) is 29.8 Å². The summed E-state index contributed by atoms with van der Waals surface area (Å²) in [6, 6.07) is 8.11. The van der Waals surface area contributed by atoms with Crippen molar-refractivity contribution in [1.29, 1.82) is 0 Å². The molecule has 0 aromatic heterocycles. The molecule has 1 atom stereocenters. The van der Waals surface area contributed by atoms with Crippen molar-refractivity contribution in [2.75, 3.05) is 6.61 Å². The molecule has 0 fully saturated rings. The number of ether oxygens (including phenoxy) is 1. The fourth-order valence-corrected chi connectivity index (χ4v) is 1.71. The van der Waals surface area contributed by atoms with E-state index in [1.54, 1.807) is 0 Å². The summed E-state index contributed by atoms with van der Waals surface area (Å²) < 4.78 is 5.56. The van der Waals surface area contributed by atoms with Crippen LogP contribution < -0.4 is 10.5 Å². The summed E-state index contributed by atoms with van der Waals surface area (Å²) in [6.45, 7) is 7.04. The summed E-state index contributed by atoms with van der Waals surface area (Å²) in [4.78, 5) is 0. The third-order valence-electron chi connectivity index (χ3n) is 2.34.